The van der Waals surface area contributed by atoms with E-state index in [-0.39, 0.29) is 5.91 Å². The van der Waals surface area contributed by atoms with Crippen molar-refractivity contribution < 1.29 is 9.59 Å². The van der Waals surface area contributed by atoms with E-state index in [0.29, 0.717) is 12.8 Å². The number of benzene rings is 1. The number of hydrogen-bond donors (Lipinski definition) is 2. The van der Waals surface area contributed by atoms with Gasteiger partial charge in [-0.3, -0.25) is 9.59 Å². The molecule has 1 rings (SSSR count). The Morgan fingerprint density at radius 2 is 1.81 bits per heavy atom. The number of carbonyl (C=O) groups excluding carboxylic acids is 2. The van der Waals surface area contributed by atoms with Crippen molar-refractivity contribution in [2.24, 2.45) is 11.5 Å². The summed E-state index contributed by atoms with van der Waals surface area (Å²) in [4.78, 5) is 23.8. The van der Waals surface area contributed by atoms with E-state index in [0.717, 1.165) is 18.4 Å². The molecule has 116 valence electrons. The molecule has 0 aliphatic carbocycles. The Hall–Kier alpha value is -1.49. The van der Waals surface area contributed by atoms with Gasteiger partial charge >= 0.3 is 0 Å². The zero-order chi connectivity index (χ0) is 15.9. The van der Waals surface area contributed by atoms with Crippen molar-refractivity contribution in [3.05, 3.63) is 35.9 Å². The summed E-state index contributed by atoms with van der Waals surface area (Å²) in [7, 11) is 0. The Kier molecular flexibility index (Phi) is 6.75. The van der Waals surface area contributed by atoms with Gasteiger partial charge in [-0.1, -0.05) is 57.0 Å². The van der Waals surface area contributed by atoms with Crippen LogP contribution in [0.2, 0.25) is 0 Å². The third-order valence-electron chi connectivity index (χ3n) is 3.62. The number of unbranched alkanes of at least 4 members (excludes halogenated alkanes) is 1. The summed E-state index contributed by atoms with van der Waals surface area (Å²) in [5.74, 6) is -0.813. The number of nitrogens with two attached hydrogens (primary N) is 2. The molecule has 0 bridgehead atoms. The first-order valence-corrected chi connectivity index (χ1v) is 8.18. The molecule has 0 saturated heterocycles. The molecule has 2 atom stereocenters. The summed E-state index contributed by atoms with van der Waals surface area (Å²) in [6.07, 6.45) is 3.06. The fraction of sp³-hybridized carbons (Fsp3) is 0.500. The molecule has 0 aromatic heterocycles. The standard InChI is InChI=1S/C16H24N2O2S/c1-3-5-11-13(14(17)19)21-16(4-2,15(18)20)12-9-7-6-8-10-12/h6-10,13H,3-5,11H2,1-2H3,(H2,17,19)(H2,18,20)/t13-,16+/m0/s1. The van der Waals surface area contributed by atoms with E-state index < -0.39 is 15.9 Å². The molecule has 0 aliphatic heterocycles. The average molecular weight is 308 g/mol. The molecule has 4 nitrogen and oxygen atoms in total. The van der Waals surface area contributed by atoms with Crippen LogP contribution >= 0.6 is 11.8 Å². The van der Waals surface area contributed by atoms with Crippen molar-refractivity contribution in [3.63, 3.8) is 0 Å². The molecule has 5 heteroatoms. The molecule has 0 saturated carbocycles. The first kappa shape index (κ1) is 17.6. The maximum absolute atomic E-state index is 12.1. The predicted molar refractivity (Wildman–Crippen MR) is 87.7 cm³/mol. The number of rotatable bonds is 9. The van der Waals surface area contributed by atoms with Crippen LogP contribution in [0.25, 0.3) is 0 Å². The van der Waals surface area contributed by atoms with Gasteiger partial charge in [-0.15, -0.1) is 11.8 Å². The quantitative estimate of drug-likeness (QED) is 0.735. The number of hydrogen-bond acceptors (Lipinski definition) is 3. The van der Waals surface area contributed by atoms with E-state index in [2.05, 4.69) is 6.92 Å². The molecule has 0 heterocycles. The largest absolute Gasteiger partial charge is 0.369 e. The lowest BCUT2D eigenvalue weighted by Gasteiger charge is -2.32. The van der Waals surface area contributed by atoms with E-state index in [1.807, 2.05) is 37.3 Å². The van der Waals surface area contributed by atoms with Crippen molar-refractivity contribution in [1.29, 1.82) is 0 Å². The van der Waals surface area contributed by atoms with Crippen molar-refractivity contribution in [1.82, 2.24) is 0 Å². The monoisotopic (exact) mass is 308 g/mol. The Bertz CT molecular complexity index is 478. The minimum Gasteiger partial charge on any atom is -0.369 e. The van der Waals surface area contributed by atoms with E-state index in [4.69, 9.17) is 11.5 Å². The van der Waals surface area contributed by atoms with E-state index >= 15 is 0 Å². The van der Waals surface area contributed by atoms with E-state index in [1.54, 1.807) is 0 Å². The van der Waals surface area contributed by atoms with Gasteiger partial charge in [0.15, 0.2) is 0 Å². The van der Waals surface area contributed by atoms with Crippen molar-refractivity contribution in [2.75, 3.05) is 0 Å². The predicted octanol–water partition coefficient (Wildman–Crippen LogP) is 2.55. The van der Waals surface area contributed by atoms with Gasteiger partial charge in [0.05, 0.1) is 5.25 Å². The summed E-state index contributed by atoms with van der Waals surface area (Å²) in [5, 5.41) is -0.405. The van der Waals surface area contributed by atoms with Crippen molar-refractivity contribution >= 4 is 23.6 Å². The van der Waals surface area contributed by atoms with Gasteiger partial charge in [0.25, 0.3) is 0 Å². The maximum atomic E-state index is 12.1. The molecule has 1 aromatic rings. The molecular weight excluding hydrogens is 284 g/mol. The third-order valence-corrected chi connectivity index (χ3v) is 5.50. The fourth-order valence-corrected chi connectivity index (χ4v) is 3.77. The lowest BCUT2D eigenvalue weighted by atomic mass is 9.95. The number of thioether (sulfide) groups is 1. The fourth-order valence-electron chi connectivity index (χ4n) is 2.33. The Morgan fingerprint density at radius 1 is 1.19 bits per heavy atom. The lowest BCUT2D eigenvalue weighted by Crippen LogP contribution is -2.41. The second-order valence-corrected chi connectivity index (χ2v) is 6.56. The SMILES string of the molecule is CCCC[C@H](S[C@@](CC)(C(N)=O)c1ccccc1)C(N)=O. The molecule has 0 radical (unpaired) electrons. The van der Waals surface area contributed by atoms with Gasteiger partial charge in [0.2, 0.25) is 11.8 Å². The number of carbonyl (C=O) groups is 2. The van der Waals surface area contributed by atoms with Crippen LogP contribution in [0.3, 0.4) is 0 Å². The Balaban J connectivity index is 3.13. The first-order valence-electron chi connectivity index (χ1n) is 7.30. The highest BCUT2D eigenvalue weighted by atomic mass is 32.2. The van der Waals surface area contributed by atoms with Crippen molar-refractivity contribution in [2.45, 2.75) is 49.5 Å². The zero-order valence-corrected chi connectivity index (χ0v) is 13.5. The summed E-state index contributed by atoms with van der Waals surface area (Å²) in [5.41, 5.74) is 12.0. The molecule has 0 aliphatic rings. The molecule has 4 N–H and O–H groups in total. The van der Waals surface area contributed by atoms with Crippen LogP contribution in [0, 0.1) is 0 Å². The van der Waals surface area contributed by atoms with Crippen molar-refractivity contribution in [3.8, 4) is 0 Å². The van der Waals surface area contributed by atoms with Gasteiger partial charge in [0, 0.05) is 0 Å². The van der Waals surface area contributed by atoms with Crippen LogP contribution in [0.5, 0.6) is 0 Å². The van der Waals surface area contributed by atoms with E-state index in [9.17, 15) is 9.59 Å². The lowest BCUT2D eigenvalue weighted by molar-refractivity contribution is -0.120. The van der Waals surface area contributed by atoms with Gasteiger partial charge < -0.3 is 11.5 Å². The van der Waals surface area contributed by atoms with Crippen LogP contribution in [0.15, 0.2) is 30.3 Å². The second kappa shape index (κ2) is 8.08. The molecule has 0 unspecified atom stereocenters. The van der Waals surface area contributed by atoms with Crippen LogP contribution < -0.4 is 11.5 Å². The second-order valence-electron chi connectivity index (χ2n) is 5.06. The summed E-state index contributed by atoms with van der Waals surface area (Å²) in [6, 6.07) is 9.37. The third kappa shape index (κ3) is 4.24. The smallest absolute Gasteiger partial charge is 0.238 e. The van der Waals surface area contributed by atoms with Gasteiger partial charge in [-0.25, -0.2) is 0 Å². The molecular formula is C16H24N2O2S. The zero-order valence-electron chi connectivity index (χ0n) is 12.7. The Labute approximate surface area is 130 Å². The molecule has 2 amide bonds. The molecule has 21 heavy (non-hydrogen) atoms. The first-order chi connectivity index (χ1) is 9.97. The Morgan fingerprint density at radius 3 is 2.24 bits per heavy atom. The summed E-state index contributed by atoms with van der Waals surface area (Å²) < 4.78 is -0.908. The average Bonchev–Trinajstić information content (AvgIpc) is 2.48. The topological polar surface area (TPSA) is 86.2 Å². The highest BCUT2D eigenvalue weighted by molar-refractivity contribution is 8.02. The summed E-state index contributed by atoms with van der Waals surface area (Å²) >= 11 is 1.30. The number of primary amides is 2. The number of amides is 2. The summed E-state index contributed by atoms with van der Waals surface area (Å²) in [6.45, 7) is 3.96. The van der Waals surface area contributed by atoms with E-state index in [1.165, 1.54) is 11.8 Å². The highest BCUT2D eigenvalue weighted by Crippen LogP contribution is 2.43. The molecule has 0 fully saturated rings. The molecule has 0 spiro atoms. The minimum atomic E-state index is -0.908. The van der Waals surface area contributed by atoms with Gasteiger partial charge in [-0.05, 0) is 18.4 Å². The van der Waals surface area contributed by atoms with Gasteiger partial charge in [0.1, 0.15) is 4.75 Å². The van der Waals surface area contributed by atoms with Crippen LogP contribution in [-0.2, 0) is 14.3 Å². The van der Waals surface area contributed by atoms with Crippen LogP contribution in [-0.4, -0.2) is 17.1 Å². The normalized spacial score (nSPS) is 15.1. The minimum absolute atomic E-state index is 0.386. The van der Waals surface area contributed by atoms with Gasteiger partial charge in [-0.2, -0.15) is 0 Å². The molecule has 1 aromatic carbocycles. The van der Waals surface area contributed by atoms with Crippen LogP contribution in [0.4, 0.5) is 0 Å². The maximum Gasteiger partial charge on any atom is 0.238 e. The van der Waals surface area contributed by atoms with Crippen LogP contribution in [0.1, 0.15) is 45.1 Å². The highest BCUT2D eigenvalue weighted by Gasteiger charge is 2.40.